The fraction of sp³-hybridized carbons (Fsp3) is 0.595. The number of likely N-dealkylation sites (N-methyl/N-ethyl adjacent to an activating group) is 1. The van der Waals surface area contributed by atoms with Crippen LogP contribution in [-0.4, -0.2) is 90.4 Å². The van der Waals surface area contributed by atoms with Gasteiger partial charge in [-0.25, -0.2) is 4.79 Å². The van der Waals surface area contributed by atoms with Crippen molar-refractivity contribution in [3.05, 3.63) is 59.7 Å². The third-order valence-corrected chi connectivity index (χ3v) is 9.28. The molecule has 10 heteroatoms. The van der Waals surface area contributed by atoms with Gasteiger partial charge in [-0.15, -0.1) is 0 Å². The lowest BCUT2D eigenvalue weighted by Gasteiger charge is -2.36. The van der Waals surface area contributed by atoms with Crippen molar-refractivity contribution in [3.8, 4) is 5.75 Å². The fourth-order valence-corrected chi connectivity index (χ4v) is 6.33. The van der Waals surface area contributed by atoms with Gasteiger partial charge in [-0.1, -0.05) is 56.5 Å². The molecule has 2 aromatic rings. The van der Waals surface area contributed by atoms with Crippen molar-refractivity contribution in [1.82, 2.24) is 15.1 Å². The van der Waals surface area contributed by atoms with Gasteiger partial charge in [0.05, 0.1) is 36.8 Å². The van der Waals surface area contributed by atoms with Crippen molar-refractivity contribution in [3.63, 3.8) is 0 Å². The minimum Gasteiger partial charge on any atom is -0.490 e. The Balaban J connectivity index is 1.56. The molecule has 1 aliphatic carbocycles. The molecule has 0 bridgehead atoms. The summed E-state index contributed by atoms with van der Waals surface area (Å²) in [6.07, 6.45) is 7.73. The first-order valence-electron chi connectivity index (χ1n) is 17.3. The van der Waals surface area contributed by atoms with Gasteiger partial charge < -0.3 is 35.0 Å². The highest BCUT2D eigenvalue weighted by atomic mass is 16.5. The van der Waals surface area contributed by atoms with Gasteiger partial charge in [0.1, 0.15) is 5.75 Å². The molecular formula is C37H54N4O6. The quantitative estimate of drug-likeness (QED) is 0.340. The van der Waals surface area contributed by atoms with Gasteiger partial charge in [0.15, 0.2) is 0 Å². The molecule has 0 radical (unpaired) electrons. The summed E-state index contributed by atoms with van der Waals surface area (Å²) in [5.74, 6) is -0.211. The molecule has 4 atom stereocenters. The van der Waals surface area contributed by atoms with E-state index in [-0.39, 0.29) is 55.0 Å². The zero-order valence-electron chi connectivity index (χ0n) is 28.6. The number of benzene rings is 2. The second-order valence-electron chi connectivity index (χ2n) is 13.4. The Hall–Kier alpha value is -3.63. The van der Waals surface area contributed by atoms with Crippen molar-refractivity contribution in [1.29, 1.82) is 0 Å². The lowest BCUT2D eigenvalue weighted by molar-refractivity contribution is -0.115. The van der Waals surface area contributed by atoms with E-state index in [9.17, 15) is 19.5 Å². The van der Waals surface area contributed by atoms with E-state index >= 15 is 0 Å². The standard InChI is InChI=1S/C37H54N4O6/c1-26-23-41(27(2)25-42)36(44)32-22-31(38-35(43)21-29-14-7-5-8-15-29)18-19-33(32)47-28(3)13-11-12-20-46-34(26)24-40(4)37(45)39-30-16-9-6-10-17-30/h5,7-8,14-15,18-19,22,26-28,30,34,42H,6,9-13,16-17,20-21,23-25H2,1-4H3,(H,38,43)(H,39,45)/t26-,27-,28-,34+/m0/s1. The van der Waals surface area contributed by atoms with Crippen molar-refractivity contribution in [2.45, 2.75) is 103 Å². The molecular weight excluding hydrogens is 596 g/mol. The highest BCUT2D eigenvalue weighted by Crippen LogP contribution is 2.29. The summed E-state index contributed by atoms with van der Waals surface area (Å²) in [4.78, 5) is 43.7. The number of amides is 4. The van der Waals surface area contributed by atoms with E-state index in [1.54, 1.807) is 35.0 Å². The average Bonchev–Trinajstić information content (AvgIpc) is 3.06. The highest BCUT2D eigenvalue weighted by Gasteiger charge is 2.31. The first kappa shape index (κ1) is 36.2. The largest absolute Gasteiger partial charge is 0.490 e. The van der Waals surface area contributed by atoms with Crippen LogP contribution in [-0.2, 0) is 16.0 Å². The number of aliphatic hydroxyl groups is 1. The molecule has 258 valence electrons. The van der Waals surface area contributed by atoms with E-state index in [1.165, 1.54) is 6.42 Å². The minimum absolute atomic E-state index is 0.106. The Morgan fingerprint density at radius 2 is 1.74 bits per heavy atom. The van der Waals surface area contributed by atoms with Crippen LogP contribution < -0.4 is 15.4 Å². The zero-order valence-corrected chi connectivity index (χ0v) is 28.6. The second kappa shape index (κ2) is 18.1. The molecule has 3 N–H and O–H groups in total. The minimum atomic E-state index is -0.493. The van der Waals surface area contributed by atoms with Crippen molar-refractivity contribution in [2.24, 2.45) is 5.92 Å². The first-order valence-corrected chi connectivity index (χ1v) is 17.3. The molecule has 4 rings (SSSR count). The molecule has 4 amide bonds. The number of hydrogen-bond acceptors (Lipinski definition) is 6. The number of urea groups is 1. The van der Waals surface area contributed by atoms with Crippen molar-refractivity contribution in [2.75, 3.05) is 38.7 Å². The third kappa shape index (κ3) is 11.0. The molecule has 2 aliphatic rings. The highest BCUT2D eigenvalue weighted by molar-refractivity contribution is 6.00. The maximum absolute atomic E-state index is 14.4. The summed E-state index contributed by atoms with van der Waals surface area (Å²) in [5, 5.41) is 16.4. The third-order valence-electron chi connectivity index (χ3n) is 9.28. The molecule has 1 heterocycles. The van der Waals surface area contributed by atoms with Gasteiger partial charge in [0, 0.05) is 44.4 Å². The van der Waals surface area contributed by atoms with E-state index in [2.05, 4.69) is 10.6 Å². The van der Waals surface area contributed by atoms with E-state index in [4.69, 9.17) is 9.47 Å². The summed E-state index contributed by atoms with van der Waals surface area (Å²) in [6, 6.07) is 14.3. The SMILES string of the molecule is C[C@H]1CCCCO[C@H](CN(C)C(=O)NC2CCCCC2)[C@@H](C)CN([C@@H](C)CO)C(=O)c2cc(NC(=O)Cc3ccccc3)ccc2O1. The Morgan fingerprint density at radius 3 is 2.47 bits per heavy atom. The summed E-state index contributed by atoms with van der Waals surface area (Å²) < 4.78 is 12.7. The van der Waals surface area contributed by atoms with Crippen LogP contribution in [0.5, 0.6) is 5.75 Å². The molecule has 10 nitrogen and oxygen atoms in total. The zero-order chi connectivity index (χ0) is 33.8. The Morgan fingerprint density at radius 1 is 1.02 bits per heavy atom. The Kier molecular flexibility index (Phi) is 13.9. The molecule has 0 saturated heterocycles. The topological polar surface area (TPSA) is 120 Å². The molecule has 47 heavy (non-hydrogen) atoms. The van der Waals surface area contributed by atoms with Gasteiger partial charge in [-0.05, 0) is 69.7 Å². The van der Waals surface area contributed by atoms with Crippen LogP contribution in [0.4, 0.5) is 10.5 Å². The molecule has 0 unspecified atom stereocenters. The number of anilines is 1. The van der Waals surface area contributed by atoms with E-state index in [1.807, 2.05) is 51.1 Å². The number of carbonyl (C=O) groups is 3. The average molecular weight is 651 g/mol. The molecule has 2 aromatic carbocycles. The molecule has 0 spiro atoms. The lowest BCUT2D eigenvalue weighted by atomic mass is 9.96. The predicted molar refractivity (Wildman–Crippen MR) is 184 cm³/mol. The summed E-state index contributed by atoms with van der Waals surface area (Å²) >= 11 is 0. The second-order valence-corrected chi connectivity index (χ2v) is 13.4. The van der Waals surface area contributed by atoms with Crippen LogP contribution >= 0.6 is 0 Å². The van der Waals surface area contributed by atoms with Gasteiger partial charge in [0.25, 0.3) is 5.91 Å². The number of fused-ring (bicyclic) bond motifs is 1. The number of ether oxygens (including phenoxy) is 2. The van der Waals surface area contributed by atoms with Crippen LogP contribution in [0, 0.1) is 5.92 Å². The number of hydrogen-bond donors (Lipinski definition) is 3. The monoisotopic (exact) mass is 650 g/mol. The van der Waals surface area contributed by atoms with Crippen LogP contribution in [0.25, 0.3) is 0 Å². The molecule has 1 aliphatic heterocycles. The first-order chi connectivity index (χ1) is 22.6. The number of nitrogens with zero attached hydrogens (tertiary/aromatic N) is 2. The number of nitrogens with one attached hydrogen (secondary N) is 2. The molecule has 0 aromatic heterocycles. The molecule has 1 fully saturated rings. The molecule has 1 saturated carbocycles. The summed E-state index contributed by atoms with van der Waals surface area (Å²) in [7, 11) is 1.79. The van der Waals surface area contributed by atoms with Gasteiger partial charge >= 0.3 is 6.03 Å². The van der Waals surface area contributed by atoms with E-state index in [0.717, 1.165) is 50.5 Å². The fourth-order valence-electron chi connectivity index (χ4n) is 6.33. The van der Waals surface area contributed by atoms with Crippen LogP contribution in [0.15, 0.2) is 48.5 Å². The maximum atomic E-state index is 14.4. The normalized spacial score (nSPS) is 22.3. The summed E-state index contributed by atoms with van der Waals surface area (Å²) in [6.45, 7) is 6.79. The van der Waals surface area contributed by atoms with E-state index < -0.39 is 6.04 Å². The van der Waals surface area contributed by atoms with Gasteiger partial charge in [-0.3, -0.25) is 9.59 Å². The van der Waals surface area contributed by atoms with Crippen LogP contribution in [0.2, 0.25) is 0 Å². The Bertz CT molecular complexity index is 1300. The number of carbonyl (C=O) groups excluding carboxylic acids is 3. The van der Waals surface area contributed by atoms with Crippen LogP contribution in [0.3, 0.4) is 0 Å². The number of rotatable bonds is 8. The van der Waals surface area contributed by atoms with Crippen molar-refractivity contribution < 1.29 is 29.0 Å². The smallest absolute Gasteiger partial charge is 0.317 e. The van der Waals surface area contributed by atoms with E-state index in [0.29, 0.717) is 36.7 Å². The number of aliphatic hydroxyl groups excluding tert-OH is 1. The van der Waals surface area contributed by atoms with Crippen LogP contribution in [0.1, 0.15) is 88.1 Å². The van der Waals surface area contributed by atoms with Crippen molar-refractivity contribution >= 4 is 23.5 Å². The van der Waals surface area contributed by atoms with Gasteiger partial charge in [0.2, 0.25) is 5.91 Å². The summed E-state index contributed by atoms with van der Waals surface area (Å²) in [5.41, 5.74) is 1.70. The predicted octanol–water partition coefficient (Wildman–Crippen LogP) is 5.64. The lowest BCUT2D eigenvalue weighted by Crippen LogP contribution is -2.50. The van der Waals surface area contributed by atoms with Gasteiger partial charge in [-0.2, -0.15) is 0 Å². The maximum Gasteiger partial charge on any atom is 0.317 e. The Labute approximate surface area is 280 Å².